The smallest absolute Gasteiger partial charge is 0.475 e. The summed E-state index contributed by atoms with van der Waals surface area (Å²) in [6, 6.07) is 17.8. The molecule has 1 unspecified atom stereocenters. The summed E-state index contributed by atoms with van der Waals surface area (Å²) in [5.41, 5.74) is 3.00. The molecule has 3 heterocycles. The van der Waals surface area contributed by atoms with Crippen LogP contribution in [-0.2, 0) is 16.1 Å². The first-order valence-electron chi connectivity index (χ1n) is 12.6. The quantitative estimate of drug-likeness (QED) is 0.445. The number of carbonyl (C=O) groups excluding carboxylic acids is 1. The number of halogens is 4. The van der Waals surface area contributed by atoms with Gasteiger partial charge < -0.3 is 20.2 Å². The van der Waals surface area contributed by atoms with Gasteiger partial charge >= 0.3 is 12.1 Å². The fourth-order valence-electron chi connectivity index (χ4n) is 4.50. The van der Waals surface area contributed by atoms with E-state index in [9.17, 15) is 18.0 Å². The number of hydrogen-bond donors (Lipinski definition) is 2. The number of anilines is 4. The van der Waals surface area contributed by atoms with E-state index in [0.29, 0.717) is 23.8 Å². The maximum Gasteiger partial charge on any atom is 0.490 e. The van der Waals surface area contributed by atoms with Crippen molar-refractivity contribution in [3.05, 3.63) is 71.5 Å². The van der Waals surface area contributed by atoms with Gasteiger partial charge in [-0.05, 0) is 36.2 Å². The van der Waals surface area contributed by atoms with Crippen molar-refractivity contribution in [1.82, 2.24) is 9.97 Å². The van der Waals surface area contributed by atoms with Gasteiger partial charge in [0.05, 0.1) is 6.54 Å². The molecule has 212 valence electrons. The Morgan fingerprint density at radius 3 is 2.20 bits per heavy atom. The lowest BCUT2D eigenvalue weighted by Gasteiger charge is -2.40. The van der Waals surface area contributed by atoms with Gasteiger partial charge in [0.25, 0.3) is 0 Å². The lowest BCUT2D eigenvalue weighted by molar-refractivity contribution is -0.192. The topological polar surface area (TPSA) is 102 Å². The largest absolute Gasteiger partial charge is 0.490 e. The van der Waals surface area contributed by atoms with Gasteiger partial charge in [0, 0.05) is 36.9 Å². The molecule has 1 saturated heterocycles. The maximum absolute atomic E-state index is 13.4. The Kier molecular flexibility index (Phi) is 8.98. The predicted octanol–water partition coefficient (Wildman–Crippen LogP) is 4.83. The first-order valence-corrected chi connectivity index (χ1v) is 13.0. The molecular formula is C27H28ClF3N6O3. The highest BCUT2D eigenvalue weighted by atomic mass is 35.5. The summed E-state index contributed by atoms with van der Waals surface area (Å²) >= 11 is 6.07. The minimum Gasteiger partial charge on any atom is -0.475 e. The first-order chi connectivity index (χ1) is 19.1. The summed E-state index contributed by atoms with van der Waals surface area (Å²) in [5, 5.41) is 11.1. The lowest BCUT2D eigenvalue weighted by atomic mass is 10.1. The Labute approximate surface area is 234 Å². The van der Waals surface area contributed by atoms with Crippen molar-refractivity contribution in [3.8, 4) is 0 Å². The van der Waals surface area contributed by atoms with Crippen molar-refractivity contribution in [2.45, 2.75) is 32.1 Å². The van der Waals surface area contributed by atoms with Gasteiger partial charge in [0.15, 0.2) is 11.6 Å². The van der Waals surface area contributed by atoms with E-state index in [1.165, 1.54) is 5.69 Å². The number of piperazine rings is 1. The number of carboxylic acid groups (broad SMARTS) is 1. The number of nitrogens with zero attached hydrogens (tertiary/aromatic N) is 5. The predicted molar refractivity (Wildman–Crippen MR) is 147 cm³/mol. The van der Waals surface area contributed by atoms with Crippen LogP contribution in [0.2, 0.25) is 5.02 Å². The number of para-hydroxylation sites is 1. The molecule has 0 bridgehead atoms. The van der Waals surface area contributed by atoms with E-state index in [-0.39, 0.29) is 11.9 Å². The van der Waals surface area contributed by atoms with Crippen LogP contribution in [0.3, 0.4) is 0 Å². The second kappa shape index (κ2) is 12.4. The van der Waals surface area contributed by atoms with E-state index in [0.717, 1.165) is 43.2 Å². The summed E-state index contributed by atoms with van der Waals surface area (Å²) in [7, 11) is 0. The molecule has 2 aromatic carbocycles. The summed E-state index contributed by atoms with van der Waals surface area (Å²) in [4.78, 5) is 37.9. The van der Waals surface area contributed by atoms with Gasteiger partial charge in [-0.25, -0.2) is 14.8 Å². The number of alkyl halides is 3. The molecule has 40 heavy (non-hydrogen) atoms. The monoisotopic (exact) mass is 576 g/mol. The van der Waals surface area contributed by atoms with Crippen molar-refractivity contribution in [1.29, 1.82) is 0 Å². The van der Waals surface area contributed by atoms with Crippen LogP contribution < -0.4 is 20.0 Å². The van der Waals surface area contributed by atoms with Gasteiger partial charge in [-0.3, -0.25) is 9.69 Å². The number of aromatic nitrogens is 2. The highest BCUT2D eigenvalue weighted by Crippen LogP contribution is 2.39. The first kappa shape index (κ1) is 28.9. The molecular weight excluding hydrogens is 549 g/mol. The summed E-state index contributed by atoms with van der Waals surface area (Å²) < 4.78 is 31.7. The molecule has 2 aliphatic heterocycles. The average Bonchev–Trinajstić information content (AvgIpc) is 2.95. The zero-order chi connectivity index (χ0) is 28.9. The standard InChI is InChI=1S/C25H27ClN6O.C2HF3O2/c1-2-21-25(33)32(16-18-8-10-19(26)11-9-18)22-23(29-21)27-17-28-24(22)31-14-12-30(13-15-31)20-6-4-3-5-7-20;3-2(4,5)1(6)7/h3-11,17,21H,2,12-16H2,1H3,(H,27,28,29);(H,6,7). The van der Waals surface area contributed by atoms with E-state index in [2.05, 4.69) is 49.4 Å². The molecule has 1 atom stereocenters. The van der Waals surface area contributed by atoms with E-state index >= 15 is 0 Å². The van der Waals surface area contributed by atoms with Crippen LogP contribution in [0.25, 0.3) is 0 Å². The Hall–Kier alpha value is -4.06. The van der Waals surface area contributed by atoms with Crippen LogP contribution in [0.5, 0.6) is 0 Å². The molecule has 0 radical (unpaired) electrons. The SMILES string of the molecule is CCC1Nc2ncnc(N3CCN(c4ccccc4)CC3)c2N(Cc2ccc(Cl)cc2)C1=O.O=C(O)C(F)(F)F. The number of carbonyl (C=O) groups is 2. The highest BCUT2D eigenvalue weighted by molar-refractivity contribution is 6.30. The minimum atomic E-state index is -5.08. The van der Waals surface area contributed by atoms with E-state index in [1.54, 1.807) is 6.33 Å². The van der Waals surface area contributed by atoms with Crippen molar-refractivity contribution < 1.29 is 27.9 Å². The Morgan fingerprint density at radius 2 is 1.62 bits per heavy atom. The van der Waals surface area contributed by atoms with Crippen LogP contribution in [0, 0.1) is 0 Å². The number of fused-ring (bicyclic) bond motifs is 1. The van der Waals surface area contributed by atoms with Gasteiger partial charge in [0.2, 0.25) is 5.91 Å². The van der Waals surface area contributed by atoms with Gasteiger partial charge in [-0.15, -0.1) is 0 Å². The van der Waals surface area contributed by atoms with Crippen molar-refractivity contribution in [3.63, 3.8) is 0 Å². The molecule has 13 heteroatoms. The van der Waals surface area contributed by atoms with Crippen LogP contribution >= 0.6 is 11.6 Å². The lowest BCUT2D eigenvalue weighted by Crippen LogP contribution is -2.50. The normalized spacial score (nSPS) is 17.0. The molecule has 0 spiro atoms. The third kappa shape index (κ3) is 6.74. The maximum atomic E-state index is 13.4. The molecule has 9 nitrogen and oxygen atoms in total. The zero-order valence-electron chi connectivity index (χ0n) is 21.6. The molecule has 2 N–H and O–H groups in total. The van der Waals surface area contributed by atoms with Crippen molar-refractivity contribution in [2.24, 2.45) is 0 Å². The number of nitrogens with one attached hydrogen (secondary N) is 1. The number of amides is 1. The number of hydrogen-bond acceptors (Lipinski definition) is 7. The van der Waals surface area contributed by atoms with Crippen LogP contribution in [0.1, 0.15) is 18.9 Å². The van der Waals surface area contributed by atoms with Gasteiger partial charge in [0.1, 0.15) is 18.1 Å². The van der Waals surface area contributed by atoms with E-state index in [4.69, 9.17) is 21.5 Å². The molecule has 0 saturated carbocycles. The summed E-state index contributed by atoms with van der Waals surface area (Å²) in [6.07, 6.45) is -2.81. The molecule has 1 amide bonds. The zero-order valence-corrected chi connectivity index (χ0v) is 22.4. The van der Waals surface area contributed by atoms with Crippen molar-refractivity contribution >= 4 is 46.5 Å². The van der Waals surface area contributed by atoms with E-state index in [1.807, 2.05) is 42.2 Å². The van der Waals surface area contributed by atoms with Gasteiger partial charge in [-0.2, -0.15) is 13.2 Å². The summed E-state index contributed by atoms with van der Waals surface area (Å²) in [6.45, 7) is 5.87. The van der Waals surface area contributed by atoms with E-state index < -0.39 is 12.1 Å². The second-order valence-electron chi connectivity index (χ2n) is 9.16. The van der Waals surface area contributed by atoms with Crippen molar-refractivity contribution in [2.75, 3.05) is 46.2 Å². The third-order valence-corrected chi connectivity index (χ3v) is 6.81. The van der Waals surface area contributed by atoms with Crippen LogP contribution in [-0.4, -0.2) is 65.3 Å². The highest BCUT2D eigenvalue weighted by Gasteiger charge is 2.38. The minimum absolute atomic E-state index is 0.0407. The Balaban J connectivity index is 0.000000470. The number of carboxylic acids is 1. The van der Waals surface area contributed by atoms with Crippen LogP contribution in [0.15, 0.2) is 60.9 Å². The fraction of sp³-hybridized carbons (Fsp3) is 0.333. The van der Waals surface area contributed by atoms with Gasteiger partial charge in [-0.1, -0.05) is 48.9 Å². The molecule has 0 aliphatic carbocycles. The number of rotatable bonds is 5. The molecule has 2 aliphatic rings. The average molecular weight is 577 g/mol. The fourth-order valence-corrected chi connectivity index (χ4v) is 4.63. The molecule has 5 rings (SSSR count). The molecule has 1 aromatic heterocycles. The Morgan fingerprint density at radius 1 is 1.02 bits per heavy atom. The number of benzene rings is 2. The second-order valence-corrected chi connectivity index (χ2v) is 9.60. The summed E-state index contributed by atoms with van der Waals surface area (Å²) in [5.74, 6) is -1.20. The molecule has 1 fully saturated rings. The Bertz CT molecular complexity index is 1320. The van der Waals surface area contributed by atoms with Crippen LogP contribution in [0.4, 0.5) is 36.2 Å². The number of aliphatic carboxylic acids is 1. The molecule has 3 aromatic rings. The third-order valence-electron chi connectivity index (χ3n) is 6.55.